The number of hydrogen-bond acceptors (Lipinski definition) is 3. The Bertz CT molecular complexity index is 667. The molecule has 0 saturated heterocycles. The van der Waals surface area contributed by atoms with Gasteiger partial charge >= 0.3 is 6.18 Å². The van der Waals surface area contributed by atoms with Crippen LogP contribution in [0, 0.1) is 0 Å². The van der Waals surface area contributed by atoms with E-state index in [1.165, 1.54) is 0 Å². The molecule has 142 valence electrons. The summed E-state index contributed by atoms with van der Waals surface area (Å²) in [5.41, 5.74) is -0.855. The average molecular weight is 380 g/mol. The first-order chi connectivity index (χ1) is 11.5. The van der Waals surface area contributed by atoms with E-state index in [1.807, 2.05) is 13.8 Å². The molecule has 0 aliphatic carbocycles. The number of rotatable bonds is 8. The SMILES string of the molecule is CCCN(CCC)C(=O)CN(c1ccc(C(F)(F)F)cc1)S(C)(=O)=O. The second kappa shape index (κ2) is 8.55. The summed E-state index contributed by atoms with van der Waals surface area (Å²) in [6, 6.07) is 3.71. The van der Waals surface area contributed by atoms with Crippen molar-refractivity contribution in [3.05, 3.63) is 29.8 Å². The van der Waals surface area contributed by atoms with Gasteiger partial charge in [0.25, 0.3) is 0 Å². The van der Waals surface area contributed by atoms with E-state index in [4.69, 9.17) is 0 Å². The lowest BCUT2D eigenvalue weighted by atomic mass is 10.2. The molecule has 0 heterocycles. The third-order valence-corrected chi connectivity index (χ3v) is 4.64. The van der Waals surface area contributed by atoms with E-state index >= 15 is 0 Å². The van der Waals surface area contributed by atoms with Crippen LogP contribution >= 0.6 is 0 Å². The van der Waals surface area contributed by atoms with E-state index < -0.39 is 28.3 Å². The van der Waals surface area contributed by atoms with Crippen LogP contribution in [0.4, 0.5) is 18.9 Å². The molecule has 1 amide bonds. The molecule has 25 heavy (non-hydrogen) atoms. The summed E-state index contributed by atoms with van der Waals surface area (Å²) < 4.78 is 62.8. The summed E-state index contributed by atoms with van der Waals surface area (Å²) in [6.45, 7) is 4.36. The topological polar surface area (TPSA) is 57.7 Å². The molecule has 0 atom stereocenters. The first-order valence-electron chi connectivity index (χ1n) is 7.93. The Labute approximate surface area is 146 Å². The standard InChI is InChI=1S/C16H23F3N2O3S/c1-4-10-20(11-5-2)15(22)12-21(25(3,23)24)14-8-6-13(7-9-14)16(17,18)19/h6-9H,4-5,10-12H2,1-3H3. The number of carbonyl (C=O) groups is 1. The molecular weight excluding hydrogens is 357 g/mol. The molecule has 0 radical (unpaired) electrons. The third kappa shape index (κ3) is 6.22. The maximum absolute atomic E-state index is 12.6. The van der Waals surface area contributed by atoms with Gasteiger partial charge in [0.15, 0.2) is 0 Å². The Balaban J connectivity index is 3.08. The number of alkyl halides is 3. The lowest BCUT2D eigenvalue weighted by Crippen LogP contribution is -2.43. The highest BCUT2D eigenvalue weighted by Crippen LogP contribution is 2.31. The smallest absolute Gasteiger partial charge is 0.341 e. The number of benzene rings is 1. The van der Waals surface area contributed by atoms with E-state index in [1.54, 1.807) is 4.90 Å². The number of amides is 1. The third-order valence-electron chi connectivity index (χ3n) is 3.50. The van der Waals surface area contributed by atoms with Crippen molar-refractivity contribution >= 4 is 21.6 Å². The fraction of sp³-hybridized carbons (Fsp3) is 0.562. The van der Waals surface area contributed by atoms with Crippen molar-refractivity contribution in [3.8, 4) is 0 Å². The summed E-state index contributed by atoms with van der Waals surface area (Å²) in [4.78, 5) is 14.0. The summed E-state index contributed by atoms with van der Waals surface area (Å²) in [6.07, 6.45) is -2.14. The average Bonchev–Trinajstić information content (AvgIpc) is 2.50. The van der Waals surface area contributed by atoms with Gasteiger partial charge in [0, 0.05) is 13.1 Å². The van der Waals surface area contributed by atoms with Crippen LogP contribution in [-0.4, -0.2) is 45.1 Å². The zero-order chi connectivity index (χ0) is 19.3. The second-order valence-corrected chi connectivity index (χ2v) is 7.60. The van der Waals surface area contributed by atoms with E-state index in [0.29, 0.717) is 13.1 Å². The van der Waals surface area contributed by atoms with Gasteiger partial charge in [-0.05, 0) is 37.1 Å². The summed E-state index contributed by atoms with van der Waals surface area (Å²) >= 11 is 0. The lowest BCUT2D eigenvalue weighted by Gasteiger charge is -2.27. The van der Waals surface area contributed by atoms with Crippen LogP contribution in [-0.2, 0) is 21.0 Å². The zero-order valence-electron chi connectivity index (χ0n) is 14.5. The Kier molecular flexibility index (Phi) is 7.28. The Morgan fingerprint density at radius 3 is 1.88 bits per heavy atom. The molecule has 0 aromatic heterocycles. The predicted octanol–water partition coefficient (Wildman–Crippen LogP) is 3.12. The van der Waals surface area contributed by atoms with Crippen molar-refractivity contribution in [2.24, 2.45) is 0 Å². The van der Waals surface area contributed by atoms with E-state index in [9.17, 15) is 26.4 Å². The van der Waals surface area contributed by atoms with Crippen LogP contribution in [0.25, 0.3) is 0 Å². The van der Waals surface area contributed by atoms with Gasteiger partial charge in [0.1, 0.15) is 6.54 Å². The van der Waals surface area contributed by atoms with Crippen molar-refractivity contribution in [1.82, 2.24) is 4.90 Å². The fourth-order valence-electron chi connectivity index (χ4n) is 2.34. The number of carbonyl (C=O) groups excluding carboxylic acids is 1. The second-order valence-electron chi connectivity index (χ2n) is 5.70. The highest BCUT2D eigenvalue weighted by Gasteiger charge is 2.31. The van der Waals surface area contributed by atoms with Crippen LogP contribution in [0.1, 0.15) is 32.3 Å². The van der Waals surface area contributed by atoms with Crippen LogP contribution in [0.2, 0.25) is 0 Å². The molecule has 1 rings (SSSR count). The van der Waals surface area contributed by atoms with E-state index in [-0.39, 0.29) is 11.6 Å². The van der Waals surface area contributed by atoms with Gasteiger partial charge in [-0.25, -0.2) is 8.42 Å². The molecule has 0 unspecified atom stereocenters. The van der Waals surface area contributed by atoms with Crippen LogP contribution in [0.15, 0.2) is 24.3 Å². The zero-order valence-corrected chi connectivity index (χ0v) is 15.3. The monoisotopic (exact) mass is 380 g/mol. The number of hydrogen-bond donors (Lipinski definition) is 0. The molecule has 0 aliphatic heterocycles. The normalized spacial score (nSPS) is 12.1. The van der Waals surface area contributed by atoms with Crippen molar-refractivity contribution in [3.63, 3.8) is 0 Å². The summed E-state index contributed by atoms with van der Waals surface area (Å²) in [5, 5.41) is 0. The van der Waals surface area contributed by atoms with E-state index in [2.05, 4.69) is 0 Å². The van der Waals surface area contributed by atoms with Gasteiger partial charge in [-0.2, -0.15) is 13.2 Å². The molecule has 0 saturated carbocycles. The van der Waals surface area contributed by atoms with Gasteiger partial charge in [-0.1, -0.05) is 13.8 Å². The highest BCUT2D eigenvalue weighted by atomic mass is 32.2. The summed E-state index contributed by atoms with van der Waals surface area (Å²) in [5.74, 6) is -0.381. The number of sulfonamides is 1. The molecule has 0 fully saturated rings. The van der Waals surface area contributed by atoms with Crippen LogP contribution in [0.5, 0.6) is 0 Å². The van der Waals surface area contributed by atoms with Crippen LogP contribution in [0.3, 0.4) is 0 Å². The van der Waals surface area contributed by atoms with Crippen molar-refractivity contribution in [1.29, 1.82) is 0 Å². The molecule has 5 nitrogen and oxygen atoms in total. The minimum atomic E-state index is -4.51. The van der Waals surface area contributed by atoms with Crippen molar-refractivity contribution in [2.75, 3.05) is 30.2 Å². The van der Waals surface area contributed by atoms with Crippen LogP contribution < -0.4 is 4.31 Å². The predicted molar refractivity (Wildman–Crippen MR) is 90.8 cm³/mol. The lowest BCUT2D eigenvalue weighted by molar-refractivity contribution is -0.137. The Morgan fingerprint density at radius 2 is 1.52 bits per heavy atom. The highest BCUT2D eigenvalue weighted by molar-refractivity contribution is 7.92. The Morgan fingerprint density at radius 1 is 1.04 bits per heavy atom. The van der Waals surface area contributed by atoms with E-state index in [0.717, 1.165) is 47.7 Å². The molecule has 0 bridgehead atoms. The minimum absolute atomic E-state index is 0.0248. The van der Waals surface area contributed by atoms with Crippen molar-refractivity contribution < 1.29 is 26.4 Å². The first kappa shape index (κ1) is 21.3. The minimum Gasteiger partial charge on any atom is -0.341 e. The fourth-order valence-corrected chi connectivity index (χ4v) is 3.19. The van der Waals surface area contributed by atoms with Crippen molar-refractivity contribution in [2.45, 2.75) is 32.9 Å². The molecule has 0 spiro atoms. The number of nitrogens with zero attached hydrogens (tertiary/aromatic N) is 2. The largest absolute Gasteiger partial charge is 0.416 e. The molecule has 1 aromatic rings. The maximum Gasteiger partial charge on any atom is 0.416 e. The Hall–Kier alpha value is -1.77. The quantitative estimate of drug-likeness (QED) is 0.696. The first-order valence-corrected chi connectivity index (χ1v) is 9.78. The molecule has 1 aromatic carbocycles. The summed E-state index contributed by atoms with van der Waals surface area (Å²) in [7, 11) is -3.82. The van der Waals surface area contributed by atoms with Gasteiger partial charge in [0.05, 0.1) is 17.5 Å². The maximum atomic E-state index is 12.6. The van der Waals surface area contributed by atoms with Gasteiger partial charge in [-0.3, -0.25) is 9.10 Å². The molecule has 9 heteroatoms. The number of anilines is 1. The molecule has 0 aliphatic rings. The van der Waals surface area contributed by atoms with Gasteiger partial charge in [0.2, 0.25) is 15.9 Å². The molecular formula is C16H23F3N2O3S. The van der Waals surface area contributed by atoms with Gasteiger partial charge < -0.3 is 4.90 Å². The molecule has 0 N–H and O–H groups in total. The van der Waals surface area contributed by atoms with Gasteiger partial charge in [-0.15, -0.1) is 0 Å². The number of halogens is 3.